The van der Waals surface area contributed by atoms with Gasteiger partial charge in [0.25, 0.3) is 5.91 Å². The predicted octanol–water partition coefficient (Wildman–Crippen LogP) is 3.70. The van der Waals surface area contributed by atoms with Crippen LogP contribution in [0.4, 0.5) is 0 Å². The minimum Gasteiger partial charge on any atom is -0.481 e. The van der Waals surface area contributed by atoms with Gasteiger partial charge in [0, 0.05) is 18.9 Å². The molecule has 25 heavy (non-hydrogen) atoms. The maximum absolute atomic E-state index is 13.0. The fraction of sp³-hybridized carbons (Fsp3) is 0.429. The van der Waals surface area contributed by atoms with Gasteiger partial charge in [-0.3, -0.25) is 9.78 Å². The number of aromatic nitrogens is 1. The van der Waals surface area contributed by atoms with E-state index in [1.807, 2.05) is 30.0 Å². The summed E-state index contributed by atoms with van der Waals surface area (Å²) in [5.74, 6) is 0.876. The van der Waals surface area contributed by atoms with Crippen LogP contribution in [0.2, 0.25) is 0 Å². The highest BCUT2D eigenvalue weighted by Gasteiger charge is 2.33. The molecular weight excluding hydrogens is 312 g/mol. The second-order valence-corrected chi connectivity index (χ2v) is 7.01. The van der Waals surface area contributed by atoms with Crippen LogP contribution in [-0.2, 0) is 17.6 Å². The highest BCUT2D eigenvalue weighted by atomic mass is 16.5. The lowest BCUT2D eigenvalue weighted by atomic mass is 10.1. The Balaban J connectivity index is 1.46. The van der Waals surface area contributed by atoms with Crippen molar-refractivity contribution in [3.05, 3.63) is 59.4 Å². The van der Waals surface area contributed by atoms with Crippen LogP contribution < -0.4 is 4.74 Å². The summed E-state index contributed by atoms with van der Waals surface area (Å²) in [5.41, 5.74) is 3.95. The molecule has 1 fully saturated rings. The van der Waals surface area contributed by atoms with Crippen LogP contribution in [0.5, 0.6) is 5.75 Å². The maximum atomic E-state index is 13.0. The molecule has 2 atom stereocenters. The summed E-state index contributed by atoms with van der Waals surface area (Å²) in [6.45, 7) is 2.65. The Morgan fingerprint density at radius 3 is 2.80 bits per heavy atom. The molecule has 1 aromatic heterocycles. The molecular formula is C21H24N2O2. The van der Waals surface area contributed by atoms with Crippen LogP contribution >= 0.6 is 0 Å². The third kappa shape index (κ3) is 3.26. The van der Waals surface area contributed by atoms with Crippen LogP contribution in [0.1, 0.15) is 48.9 Å². The first kappa shape index (κ1) is 16.1. The highest BCUT2D eigenvalue weighted by molar-refractivity contribution is 5.81. The van der Waals surface area contributed by atoms with E-state index >= 15 is 0 Å². The largest absolute Gasteiger partial charge is 0.481 e. The summed E-state index contributed by atoms with van der Waals surface area (Å²) >= 11 is 0. The first-order chi connectivity index (χ1) is 12.2. The van der Waals surface area contributed by atoms with Crippen molar-refractivity contribution in [2.75, 3.05) is 6.54 Å². The topological polar surface area (TPSA) is 42.4 Å². The van der Waals surface area contributed by atoms with E-state index in [0.717, 1.165) is 43.5 Å². The van der Waals surface area contributed by atoms with Crippen LogP contribution in [-0.4, -0.2) is 28.4 Å². The second-order valence-electron chi connectivity index (χ2n) is 7.01. The van der Waals surface area contributed by atoms with E-state index in [1.54, 1.807) is 12.4 Å². The lowest BCUT2D eigenvalue weighted by molar-refractivity contribution is -0.138. The number of pyridine rings is 1. The molecule has 4 nitrogen and oxygen atoms in total. The minimum absolute atomic E-state index is 0.0693. The number of amides is 1. The number of nitrogens with zero attached hydrogens (tertiary/aromatic N) is 2. The van der Waals surface area contributed by atoms with Crippen molar-refractivity contribution in [1.82, 2.24) is 9.88 Å². The maximum Gasteiger partial charge on any atom is 0.263 e. The number of likely N-dealkylation sites (tertiary alicyclic amines) is 1. The van der Waals surface area contributed by atoms with Crippen molar-refractivity contribution >= 4 is 5.91 Å². The van der Waals surface area contributed by atoms with E-state index in [1.165, 1.54) is 17.5 Å². The summed E-state index contributed by atoms with van der Waals surface area (Å²) in [5, 5.41) is 0. The van der Waals surface area contributed by atoms with E-state index in [2.05, 4.69) is 17.1 Å². The SMILES string of the molecule is C[C@@H](Oc1ccc2c(c1)CCC2)C(=O)N1CCC[C@H]1c1ccncc1. The standard InChI is InChI=1S/C21H24N2O2/c1-15(25-19-8-7-16-4-2-5-18(16)14-19)21(24)23-13-3-6-20(23)17-9-11-22-12-10-17/h7-12,14-15,20H,2-6,13H2,1H3/t15-,20+/m1/s1. The summed E-state index contributed by atoms with van der Waals surface area (Å²) in [6, 6.07) is 10.4. The van der Waals surface area contributed by atoms with Crippen LogP contribution in [0.15, 0.2) is 42.7 Å². The number of carbonyl (C=O) groups is 1. The average molecular weight is 336 g/mol. The van der Waals surface area contributed by atoms with Crippen molar-refractivity contribution in [1.29, 1.82) is 0 Å². The summed E-state index contributed by atoms with van der Waals surface area (Å²) in [6.07, 6.45) is 8.64. The number of ether oxygens (including phenoxy) is 1. The van der Waals surface area contributed by atoms with Gasteiger partial charge in [-0.2, -0.15) is 0 Å². The summed E-state index contributed by atoms with van der Waals surface area (Å²) in [4.78, 5) is 19.0. The Hall–Kier alpha value is -2.36. The van der Waals surface area contributed by atoms with Gasteiger partial charge >= 0.3 is 0 Å². The van der Waals surface area contributed by atoms with Crippen molar-refractivity contribution in [2.45, 2.75) is 51.2 Å². The molecule has 4 rings (SSSR count). The zero-order chi connectivity index (χ0) is 17.2. The smallest absolute Gasteiger partial charge is 0.263 e. The number of aryl methyl sites for hydroxylation is 2. The van der Waals surface area contributed by atoms with E-state index in [-0.39, 0.29) is 11.9 Å². The number of benzene rings is 1. The second kappa shape index (κ2) is 6.87. The third-order valence-corrected chi connectivity index (χ3v) is 5.36. The molecule has 0 saturated carbocycles. The summed E-state index contributed by atoms with van der Waals surface area (Å²) in [7, 11) is 0. The zero-order valence-electron chi connectivity index (χ0n) is 14.6. The molecule has 4 heteroatoms. The summed E-state index contributed by atoms with van der Waals surface area (Å²) < 4.78 is 5.99. The van der Waals surface area contributed by atoms with Crippen LogP contribution in [0, 0.1) is 0 Å². The van der Waals surface area contributed by atoms with E-state index < -0.39 is 6.10 Å². The quantitative estimate of drug-likeness (QED) is 0.855. The Morgan fingerprint density at radius 2 is 1.96 bits per heavy atom. The number of carbonyl (C=O) groups excluding carboxylic acids is 1. The molecule has 1 amide bonds. The van der Waals surface area contributed by atoms with Crippen molar-refractivity contribution < 1.29 is 9.53 Å². The van der Waals surface area contributed by atoms with Crippen molar-refractivity contribution in [3.63, 3.8) is 0 Å². The van der Waals surface area contributed by atoms with Gasteiger partial charge in [0.15, 0.2) is 6.10 Å². The molecule has 1 aromatic carbocycles. The number of hydrogen-bond acceptors (Lipinski definition) is 3. The Labute approximate surface area is 148 Å². The molecule has 0 N–H and O–H groups in total. The van der Waals surface area contributed by atoms with E-state index in [0.29, 0.717) is 0 Å². The van der Waals surface area contributed by atoms with Crippen LogP contribution in [0.3, 0.4) is 0 Å². The molecule has 0 bridgehead atoms. The first-order valence-electron chi connectivity index (χ1n) is 9.21. The van der Waals surface area contributed by atoms with Gasteiger partial charge in [0.1, 0.15) is 5.75 Å². The molecule has 0 spiro atoms. The fourth-order valence-corrected chi connectivity index (χ4v) is 4.07. The van der Waals surface area contributed by atoms with Gasteiger partial charge < -0.3 is 9.64 Å². The molecule has 2 aliphatic rings. The van der Waals surface area contributed by atoms with Gasteiger partial charge in [-0.25, -0.2) is 0 Å². The minimum atomic E-state index is -0.470. The fourth-order valence-electron chi connectivity index (χ4n) is 4.07. The van der Waals surface area contributed by atoms with Gasteiger partial charge in [-0.15, -0.1) is 0 Å². The molecule has 130 valence electrons. The van der Waals surface area contributed by atoms with E-state index in [9.17, 15) is 4.79 Å². The third-order valence-electron chi connectivity index (χ3n) is 5.36. The normalized spacial score (nSPS) is 20.4. The van der Waals surface area contributed by atoms with Gasteiger partial charge in [0.2, 0.25) is 0 Å². The monoisotopic (exact) mass is 336 g/mol. The van der Waals surface area contributed by atoms with Crippen molar-refractivity contribution in [2.24, 2.45) is 0 Å². The van der Waals surface area contributed by atoms with Gasteiger partial charge in [-0.05, 0) is 80.0 Å². The van der Waals surface area contributed by atoms with Gasteiger partial charge in [-0.1, -0.05) is 6.07 Å². The Kier molecular flexibility index (Phi) is 4.43. The van der Waals surface area contributed by atoms with Crippen LogP contribution in [0.25, 0.3) is 0 Å². The molecule has 0 unspecified atom stereocenters. The lowest BCUT2D eigenvalue weighted by Gasteiger charge is -2.28. The number of fused-ring (bicyclic) bond motifs is 1. The highest BCUT2D eigenvalue weighted by Crippen LogP contribution is 2.33. The molecule has 1 aliphatic carbocycles. The molecule has 0 radical (unpaired) electrons. The van der Waals surface area contributed by atoms with Crippen molar-refractivity contribution in [3.8, 4) is 5.75 Å². The number of rotatable bonds is 4. The first-order valence-corrected chi connectivity index (χ1v) is 9.21. The Bertz CT molecular complexity index is 760. The average Bonchev–Trinajstić information content (AvgIpc) is 3.30. The lowest BCUT2D eigenvalue weighted by Crippen LogP contribution is -2.40. The molecule has 2 heterocycles. The number of hydrogen-bond donors (Lipinski definition) is 0. The zero-order valence-corrected chi connectivity index (χ0v) is 14.6. The van der Waals surface area contributed by atoms with E-state index in [4.69, 9.17) is 4.74 Å². The molecule has 1 aliphatic heterocycles. The Morgan fingerprint density at radius 1 is 1.16 bits per heavy atom. The molecule has 2 aromatic rings. The van der Waals surface area contributed by atoms with Gasteiger partial charge in [0.05, 0.1) is 6.04 Å². The predicted molar refractivity (Wildman–Crippen MR) is 96.5 cm³/mol. The molecule has 1 saturated heterocycles.